The van der Waals surface area contributed by atoms with Gasteiger partial charge < -0.3 is 9.26 Å². The van der Waals surface area contributed by atoms with Crippen molar-refractivity contribution in [2.45, 2.75) is 13.3 Å². The van der Waals surface area contributed by atoms with E-state index in [4.69, 9.17) is 4.52 Å². The molecule has 0 atom stereocenters. The summed E-state index contributed by atoms with van der Waals surface area (Å²) in [4.78, 5) is 40.6. The minimum Gasteiger partial charge on any atom is -0.465 e. The maximum absolute atomic E-state index is 12.7. The van der Waals surface area contributed by atoms with E-state index in [0.717, 1.165) is 0 Å². The molecule has 0 N–H and O–H groups in total. The van der Waals surface area contributed by atoms with E-state index in [1.54, 1.807) is 6.92 Å². The van der Waals surface area contributed by atoms with Crippen LogP contribution < -0.4 is 0 Å². The number of aryl methyl sites for hydroxylation is 1. The molecule has 2 aromatic heterocycles. The molecule has 9 heteroatoms. The lowest BCUT2D eigenvalue weighted by molar-refractivity contribution is 0.0176. The Kier molecular flexibility index (Phi) is 4.46. The van der Waals surface area contributed by atoms with Gasteiger partial charge in [-0.25, -0.2) is 14.8 Å². The highest BCUT2D eigenvalue weighted by molar-refractivity contribution is 5.98. The first-order chi connectivity index (χ1) is 12.0. The standard InChI is InChI=1S/C16H16N4O5/c1-10-8-13(18-25-10)15(22)20-7-3-6-19(20)14(21)12-5-4-11(9-17-12)16(23)24-2/h4-5,8-9H,3,6-7H2,1-2H3. The largest absolute Gasteiger partial charge is 0.465 e. The predicted molar refractivity (Wildman–Crippen MR) is 83.5 cm³/mol. The molecule has 0 radical (unpaired) electrons. The molecule has 1 fully saturated rings. The number of hydrogen-bond donors (Lipinski definition) is 0. The van der Waals surface area contributed by atoms with Crippen LogP contribution in [0.5, 0.6) is 0 Å². The van der Waals surface area contributed by atoms with Gasteiger partial charge >= 0.3 is 5.97 Å². The van der Waals surface area contributed by atoms with Crippen molar-refractivity contribution in [2.75, 3.05) is 20.2 Å². The number of hydrazine groups is 1. The van der Waals surface area contributed by atoms with Crippen molar-refractivity contribution in [1.82, 2.24) is 20.2 Å². The van der Waals surface area contributed by atoms with E-state index in [2.05, 4.69) is 14.9 Å². The van der Waals surface area contributed by atoms with Crippen LogP contribution in [0, 0.1) is 6.92 Å². The van der Waals surface area contributed by atoms with E-state index in [1.807, 2.05) is 0 Å². The molecular formula is C16H16N4O5. The van der Waals surface area contributed by atoms with E-state index in [9.17, 15) is 14.4 Å². The third kappa shape index (κ3) is 3.21. The highest BCUT2D eigenvalue weighted by Gasteiger charge is 2.33. The lowest BCUT2D eigenvalue weighted by Gasteiger charge is -2.26. The van der Waals surface area contributed by atoms with Crippen LogP contribution in [-0.2, 0) is 4.74 Å². The molecule has 0 saturated carbocycles. The van der Waals surface area contributed by atoms with Gasteiger partial charge in [0.15, 0.2) is 5.69 Å². The Morgan fingerprint density at radius 1 is 1.12 bits per heavy atom. The third-order valence-electron chi connectivity index (χ3n) is 3.75. The summed E-state index contributed by atoms with van der Waals surface area (Å²) in [6, 6.07) is 4.40. The molecule has 1 aliphatic rings. The first kappa shape index (κ1) is 16.6. The molecule has 0 spiro atoms. The maximum Gasteiger partial charge on any atom is 0.339 e. The Morgan fingerprint density at radius 3 is 2.32 bits per heavy atom. The first-order valence-electron chi connectivity index (χ1n) is 7.62. The SMILES string of the molecule is COC(=O)c1ccc(C(=O)N2CCCN2C(=O)c2cc(C)on2)nc1. The van der Waals surface area contributed by atoms with Crippen LogP contribution in [0.1, 0.15) is 43.5 Å². The topological polar surface area (TPSA) is 106 Å². The number of carbonyl (C=O) groups excluding carboxylic acids is 3. The van der Waals surface area contributed by atoms with E-state index in [-0.39, 0.29) is 17.0 Å². The number of ether oxygens (including phenoxy) is 1. The van der Waals surface area contributed by atoms with E-state index >= 15 is 0 Å². The van der Waals surface area contributed by atoms with Crippen molar-refractivity contribution in [3.05, 3.63) is 47.1 Å². The molecule has 3 rings (SSSR count). The second kappa shape index (κ2) is 6.71. The molecule has 2 amide bonds. The van der Waals surface area contributed by atoms with Gasteiger partial charge in [-0.2, -0.15) is 0 Å². The Morgan fingerprint density at radius 2 is 1.80 bits per heavy atom. The number of amides is 2. The summed E-state index contributed by atoms with van der Waals surface area (Å²) in [5.41, 5.74) is 0.515. The molecule has 9 nitrogen and oxygen atoms in total. The predicted octanol–water partition coefficient (Wildman–Crippen LogP) is 1.07. The normalized spacial score (nSPS) is 13.8. The van der Waals surface area contributed by atoms with Crippen LogP contribution >= 0.6 is 0 Å². The lowest BCUT2D eigenvalue weighted by atomic mass is 10.2. The zero-order valence-corrected chi connectivity index (χ0v) is 13.8. The van der Waals surface area contributed by atoms with Crippen LogP contribution in [0.15, 0.2) is 28.9 Å². The first-order valence-corrected chi connectivity index (χ1v) is 7.62. The zero-order valence-electron chi connectivity index (χ0n) is 13.8. The van der Waals surface area contributed by atoms with E-state index < -0.39 is 17.8 Å². The van der Waals surface area contributed by atoms with Crippen LogP contribution in [0.3, 0.4) is 0 Å². The number of esters is 1. The van der Waals surface area contributed by atoms with Crippen LogP contribution in [0.25, 0.3) is 0 Å². The molecule has 25 heavy (non-hydrogen) atoms. The summed E-state index contributed by atoms with van der Waals surface area (Å²) < 4.78 is 9.51. The molecule has 3 heterocycles. The lowest BCUT2D eigenvalue weighted by Crippen LogP contribution is -2.45. The Balaban J connectivity index is 1.78. The van der Waals surface area contributed by atoms with Gasteiger partial charge in [-0.1, -0.05) is 5.16 Å². The van der Waals surface area contributed by atoms with Gasteiger partial charge in [-0.15, -0.1) is 0 Å². The number of pyridine rings is 1. The molecule has 1 aliphatic heterocycles. The van der Waals surface area contributed by atoms with Crippen molar-refractivity contribution in [3.63, 3.8) is 0 Å². The summed E-state index contributed by atoms with van der Waals surface area (Å²) in [6.45, 7) is 2.47. The summed E-state index contributed by atoms with van der Waals surface area (Å²) in [7, 11) is 1.26. The summed E-state index contributed by atoms with van der Waals surface area (Å²) in [5, 5.41) is 6.35. The minimum absolute atomic E-state index is 0.128. The molecule has 0 unspecified atom stereocenters. The fourth-order valence-electron chi connectivity index (χ4n) is 2.52. The van der Waals surface area contributed by atoms with Gasteiger partial charge in [-0.05, 0) is 25.5 Å². The number of methoxy groups -OCH3 is 1. The average molecular weight is 344 g/mol. The molecule has 130 valence electrons. The second-order valence-electron chi connectivity index (χ2n) is 5.46. The van der Waals surface area contributed by atoms with Gasteiger partial charge in [0.05, 0.1) is 12.7 Å². The fourth-order valence-corrected chi connectivity index (χ4v) is 2.52. The van der Waals surface area contributed by atoms with E-state index in [1.165, 1.54) is 41.5 Å². The smallest absolute Gasteiger partial charge is 0.339 e. The molecule has 0 aromatic carbocycles. The number of nitrogens with zero attached hydrogens (tertiary/aromatic N) is 4. The van der Waals surface area contributed by atoms with Crippen molar-refractivity contribution in [1.29, 1.82) is 0 Å². The molecule has 2 aromatic rings. The number of aromatic nitrogens is 2. The summed E-state index contributed by atoms with van der Waals surface area (Å²) >= 11 is 0. The Bertz CT molecular complexity index is 814. The average Bonchev–Trinajstić information content (AvgIpc) is 3.29. The minimum atomic E-state index is -0.536. The molecular weight excluding hydrogens is 328 g/mol. The van der Waals surface area contributed by atoms with Crippen LogP contribution in [0.2, 0.25) is 0 Å². The summed E-state index contributed by atoms with van der Waals surface area (Å²) in [6.07, 6.45) is 1.91. The van der Waals surface area contributed by atoms with Crippen molar-refractivity contribution >= 4 is 17.8 Å². The van der Waals surface area contributed by atoms with Gasteiger partial charge in [0.1, 0.15) is 11.5 Å². The van der Waals surface area contributed by atoms with Gasteiger partial charge in [0.25, 0.3) is 11.8 Å². The Hall–Kier alpha value is -3.23. The fraction of sp³-hybridized carbons (Fsp3) is 0.312. The maximum atomic E-state index is 12.7. The van der Waals surface area contributed by atoms with Gasteiger partial charge in [0, 0.05) is 25.4 Å². The molecule has 0 bridgehead atoms. The van der Waals surface area contributed by atoms with E-state index in [0.29, 0.717) is 25.3 Å². The Labute approximate surface area is 143 Å². The highest BCUT2D eigenvalue weighted by Crippen LogP contribution is 2.18. The van der Waals surface area contributed by atoms with Gasteiger partial charge in [0.2, 0.25) is 0 Å². The zero-order chi connectivity index (χ0) is 18.0. The van der Waals surface area contributed by atoms with Crippen LogP contribution in [-0.4, -0.2) is 58.1 Å². The quantitative estimate of drug-likeness (QED) is 0.767. The molecule has 0 aliphatic carbocycles. The molecule has 1 saturated heterocycles. The van der Waals surface area contributed by atoms with Crippen LogP contribution in [0.4, 0.5) is 0 Å². The third-order valence-corrected chi connectivity index (χ3v) is 3.75. The highest BCUT2D eigenvalue weighted by atomic mass is 16.5. The monoisotopic (exact) mass is 344 g/mol. The number of carbonyl (C=O) groups is 3. The summed E-state index contributed by atoms with van der Waals surface area (Å²) in [5.74, 6) is -0.859. The van der Waals surface area contributed by atoms with Crippen molar-refractivity contribution in [3.8, 4) is 0 Å². The number of hydrogen-bond acceptors (Lipinski definition) is 7. The van der Waals surface area contributed by atoms with Crippen molar-refractivity contribution < 1.29 is 23.6 Å². The number of rotatable bonds is 3. The van der Waals surface area contributed by atoms with Gasteiger partial charge in [-0.3, -0.25) is 14.6 Å². The van der Waals surface area contributed by atoms with Crippen molar-refractivity contribution in [2.24, 2.45) is 0 Å². The second-order valence-corrected chi connectivity index (χ2v) is 5.46.